The molecule has 1 aromatic rings. The van der Waals surface area contributed by atoms with Crippen molar-refractivity contribution in [3.05, 3.63) is 35.9 Å². The molecule has 1 aromatic carbocycles. The van der Waals surface area contributed by atoms with Gasteiger partial charge >= 0.3 is 0 Å². The Bertz CT molecular complexity index is 607. The van der Waals surface area contributed by atoms with Crippen molar-refractivity contribution in [3.63, 3.8) is 0 Å². The molecule has 2 fully saturated rings. The lowest BCUT2D eigenvalue weighted by Gasteiger charge is -2.35. The van der Waals surface area contributed by atoms with Crippen molar-refractivity contribution in [2.75, 3.05) is 26.7 Å². The summed E-state index contributed by atoms with van der Waals surface area (Å²) in [4.78, 5) is 29.6. The second-order valence-corrected chi connectivity index (χ2v) is 7.74. The predicted octanol–water partition coefficient (Wildman–Crippen LogP) is 2.27. The van der Waals surface area contributed by atoms with Crippen molar-refractivity contribution < 1.29 is 9.59 Å². The third-order valence-corrected chi connectivity index (χ3v) is 5.55. The maximum atomic E-state index is 13.1. The molecule has 1 heterocycles. The van der Waals surface area contributed by atoms with Crippen LogP contribution in [0.2, 0.25) is 0 Å². The van der Waals surface area contributed by atoms with Crippen LogP contribution in [-0.4, -0.2) is 54.3 Å². The van der Waals surface area contributed by atoms with Crippen LogP contribution in [0.4, 0.5) is 0 Å². The Morgan fingerprint density at radius 1 is 1.15 bits per heavy atom. The minimum atomic E-state index is -0.00621. The largest absolute Gasteiger partial charge is 0.342 e. The molecule has 1 N–H and O–H groups in total. The Labute approximate surface area is 156 Å². The Hall–Kier alpha value is -1.88. The number of nitrogens with one attached hydrogen (secondary N) is 1. The fraction of sp³-hybridized carbons (Fsp3) is 0.619. The first-order valence-corrected chi connectivity index (χ1v) is 9.88. The van der Waals surface area contributed by atoms with Crippen LogP contribution in [0.15, 0.2) is 30.3 Å². The Morgan fingerprint density at radius 3 is 2.38 bits per heavy atom. The minimum absolute atomic E-state index is 0.00621. The number of carbonyl (C=O) groups excluding carboxylic acids is 2. The fourth-order valence-electron chi connectivity index (χ4n) is 3.84. The van der Waals surface area contributed by atoms with Crippen molar-refractivity contribution in [2.45, 2.75) is 45.2 Å². The van der Waals surface area contributed by atoms with E-state index >= 15 is 0 Å². The zero-order valence-corrected chi connectivity index (χ0v) is 16.0. The average Bonchev–Trinajstić information content (AvgIpc) is 3.51. The average molecular weight is 357 g/mol. The number of amides is 2. The molecule has 0 radical (unpaired) electrons. The zero-order valence-electron chi connectivity index (χ0n) is 16.0. The number of rotatable bonds is 7. The summed E-state index contributed by atoms with van der Waals surface area (Å²) in [6.07, 6.45) is 3.82. The first-order valence-electron chi connectivity index (χ1n) is 9.88. The van der Waals surface area contributed by atoms with Gasteiger partial charge in [0.25, 0.3) is 0 Å². The summed E-state index contributed by atoms with van der Waals surface area (Å²) >= 11 is 0. The van der Waals surface area contributed by atoms with Crippen LogP contribution < -0.4 is 5.32 Å². The number of nitrogens with zero attached hydrogens (tertiary/aromatic N) is 2. The lowest BCUT2D eigenvalue weighted by atomic mass is 9.94. The number of benzene rings is 1. The number of hydrogen-bond donors (Lipinski definition) is 1. The molecular weight excluding hydrogens is 326 g/mol. The summed E-state index contributed by atoms with van der Waals surface area (Å²) in [7, 11) is 1.87. The van der Waals surface area contributed by atoms with E-state index in [0.29, 0.717) is 32.2 Å². The van der Waals surface area contributed by atoms with Gasteiger partial charge in [-0.05, 0) is 38.3 Å². The number of carbonyl (C=O) groups is 2. The van der Waals surface area contributed by atoms with Crippen LogP contribution >= 0.6 is 0 Å². The van der Waals surface area contributed by atoms with Crippen LogP contribution in [-0.2, 0) is 16.1 Å². The van der Waals surface area contributed by atoms with Crippen molar-refractivity contribution in [1.29, 1.82) is 0 Å². The number of likely N-dealkylation sites (tertiary alicyclic amines) is 1. The third kappa shape index (κ3) is 4.64. The van der Waals surface area contributed by atoms with Gasteiger partial charge in [0.1, 0.15) is 0 Å². The van der Waals surface area contributed by atoms with E-state index in [1.165, 1.54) is 5.56 Å². The Balaban J connectivity index is 1.55. The van der Waals surface area contributed by atoms with Gasteiger partial charge in [0, 0.05) is 44.1 Å². The van der Waals surface area contributed by atoms with Gasteiger partial charge in [0.15, 0.2) is 0 Å². The normalized spacial score (nSPS) is 19.2. The predicted molar refractivity (Wildman–Crippen MR) is 102 cm³/mol. The molecule has 0 spiro atoms. The monoisotopic (exact) mass is 357 g/mol. The molecule has 1 saturated carbocycles. The van der Waals surface area contributed by atoms with Gasteiger partial charge in [-0.1, -0.05) is 37.3 Å². The summed E-state index contributed by atoms with van der Waals surface area (Å²) in [5.41, 5.74) is 1.20. The van der Waals surface area contributed by atoms with Crippen LogP contribution in [0.1, 0.15) is 38.2 Å². The number of hydrogen-bond acceptors (Lipinski definition) is 3. The van der Waals surface area contributed by atoms with Crippen LogP contribution in [0.5, 0.6) is 0 Å². The number of piperidine rings is 1. The first-order chi connectivity index (χ1) is 12.6. The highest BCUT2D eigenvalue weighted by Crippen LogP contribution is 2.32. The lowest BCUT2D eigenvalue weighted by molar-refractivity contribution is -0.143. The van der Waals surface area contributed by atoms with Gasteiger partial charge in [-0.15, -0.1) is 0 Å². The third-order valence-electron chi connectivity index (χ3n) is 5.55. The van der Waals surface area contributed by atoms with E-state index < -0.39 is 0 Å². The van der Waals surface area contributed by atoms with Crippen molar-refractivity contribution >= 4 is 11.8 Å². The van der Waals surface area contributed by atoms with Crippen molar-refractivity contribution in [1.82, 2.24) is 15.1 Å². The van der Waals surface area contributed by atoms with Gasteiger partial charge in [-0.2, -0.15) is 0 Å². The molecule has 0 bridgehead atoms. The van der Waals surface area contributed by atoms with Crippen LogP contribution in [0.3, 0.4) is 0 Å². The summed E-state index contributed by atoms with van der Waals surface area (Å²) < 4.78 is 0. The molecule has 2 aliphatic rings. The highest BCUT2D eigenvalue weighted by Gasteiger charge is 2.37. The van der Waals surface area contributed by atoms with E-state index in [2.05, 4.69) is 22.3 Å². The Morgan fingerprint density at radius 2 is 1.81 bits per heavy atom. The van der Waals surface area contributed by atoms with Crippen molar-refractivity contribution in [2.24, 2.45) is 11.8 Å². The maximum absolute atomic E-state index is 13.1. The van der Waals surface area contributed by atoms with E-state index in [4.69, 9.17) is 0 Å². The molecule has 1 unspecified atom stereocenters. The fourth-order valence-corrected chi connectivity index (χ4v) is 3.84. The van der Waals surface area contributed by atoms with E-state index in [0.717, 1.165) is 25.7 Å². The molecule has 1 aliphatic carbocycles. The molecule has 0 aromatic heterocycles. The first kappa shape index (κ1) is 18.9. The highest BCUT2D eigenvalue weighted by molar-refractivity contribution is 5.81. The standard InChI is InChI=1S/C21H31N3O2/c1-16(14-22-2)20(25)23-12-10-18(11-13-23)21(26)24(19-8-9-19)15-17-6-4-3-5-7-17/h3-7,16,18-19,22H,8-15H2,1-2H3. The molecule has 1 atom stereocenters. The molecule has 142 valence electrons. The zero-order chi connectivity index (χ0) is 18.5. The molecule has 1 saturated heterocycles. The molecule has 3 rings (SSSR count). The van der Waals surface area contributed by atoms with E-state index in [1.54, 1.807) is 0 Å². The van der Waals surface area contributed by atoms with E-state index in [9.17, 15) is 9.59 Å². The summed E-state index contributed by atoms with van der Waals surface area (Å²) in [6.45, 7) is 4.78. The second kappa shape index (κ2) is 8.67. The quantitative estimate of drug-likeness (QED) is 0.814. The van der Waals surface area contributed by atoms with Gasteiger partial charge in [-0.25, -0.2) is 0 Å². The van der Waals surface area contributed by atoms with E-state index in [-0.39, 0.29) is 23.7 Å². The van der Waals surface area contributed by atoms with E-state index in [1.807, 2.05) is 37.1 Å². The van der Waals surface area contributed by atoms with Gasteiger partial charge in [0.2, 0.25) is 11.8 Å². The van der Waals surface area contributed by atoms with Crippen LogP contribution in [0, 0.1) is 11.8 Å². The van der Waals surface area contributed by atoms with Gasteiger partial charge in [0.05, 0.1) is 0 Å². The summed E-state index contributed by atoms with van der Waals surface area (Å²) in [5, 5.41) is 3.06. The summed E-state index contributed by atoms with van der Waals surface area (Å²) in [6, 6.07) is 10.7. The maximum Gasteiger partial charge on any atom is 0.226 e. The molecule has 26 heavy (non-hydrogen) atoms. The SMILES string of the molecule is CNCC(C)C(=O)N1CCC(C(=O)N(Cc2ccccc2)C2CC2)CC1. The lowest BCUT2D eigenvalue weighted by Crippen LogP contribution is -2.47. The molecule has 2 amide bonds. The van der Waals surface area contributed by atoms with Crippen LogP contribution in [0.25, 0.3) is 0 Å². The highest BCUT2D eigenvalue weighted by atomic mass is 16.2. The Kier molecular flexibility index (Phi) is 6.30. The molecule has 5 nitrogen and oxygen atoms in total. The molecular formula is C21H31N3O2. The topological polar surface area (TPSA) is 52.7 Å². The second-order valence-electron chi connectivity index (χ2n) is 7.74. The van der Waals surface area contributed by atoms with Crippen molar-refractivity contribution in [3.8, 4) is 0 Å². The molecule has 1 aliphatic heterocycles. The summed E-state index contributed by atoms with van der Waals surface area (Å²) in [5.74, 6) is 0.538. The smallest absolute Gasteiger partial charge is 0.226 e. The molecule has 5 heteroatoms. The minimum Gasteiger partial charge on any atom is -0.342 e. The van der Waals surface area contributed by atoms with Gasteiger partial charge in [-0.3, -0.25) is 9.59 Å². The van der Waals surface area contributed by atoms with Gasteiger partial charge < -0.3 is 15.1 Å².